The molecule has 2 aliphatic carbocycles. The van der Waals surface area contributed by atoms with Crippen molar-refractivity contribution in [1.82, 2.24) is 5.32 Å². The standard InChI is InChI=1S/C36H71N/c1-9-10-11-16-23-37-24-17-18-29(6)25-30(7)26-36(28(4)5)35-22-15-14-21-34(35)31(8)33-20-13-12-19-32(33)27(2)3/h27-37H,9-26H2,1-8H3. The van der Waals surface area contributed by atoms with E-state index in [2.05, 4.69) is 60.7 Å². The van der Waals surface area contributed by atoms with E-state index in [4.69, 9.17) is 0 Å². The van der Waals surface area contributed by atoms with E-state index < -0.39 is 0 Å². The minimum atomic E-state index is 0.833. The Morgan fingerprint density at radius 3 is 1.76 bits per heavy atom. The topological polar surface area (TPSA) is 12.0 Å². The van der Waals surface area contributed by atoms with Gasteiger partial charge in [-0.25, -0.2) is 0 Å². The Morgan fingerprint density at radius 2 is 1.16 bits per heavy atom. The van der Waals surface area contributed by atoms with E-state index in [9.17, 15) is 0 Å². The molecule has 1 nitrogen and oxygen atoms in total. The SMILES string of the molecule is CCCCCCNCCCC(C)CC(C)CC(C(C)C)C1CCCCC1C(C)C1CCCCC1C(C)C. The van der Waals surface area contributed by atoms with Gasteiger partial charge in [-0.3, -0.25) is 0 Å². The van der Waals surface area contributed by atoms with Crippen LogP contribution in [0.3, 0.4) is 0 Å². The lowest BCUT2D eigenvalue weighted by Gasteiger charge is -2.48. The molecule has 0 saturated heterocycles. The molecule has 2 fully saturated rings. The fourth-order valence-electron chi connectivity index (χ4n) is 9.04. The average Bonchev–Trinajstić information content (AvgIpc) is 2.88. The molecule has 8 unspecified atom stereocenters. The third kappa shape index (κ3) is 11.5. The molecule has 0 heterocycles. The van der Waals surface area contributed by atoms with Crippen LogP contribution < -0.4 is 5.32 Å². The summed E-state index contributed by atoms with van der Waals surface area (Å²) >= 11 is 0. The number of unbranched alkanes of at least 4 members (excludes halogenated alkanes) is 3. The van der Waals surface area contributed by atoms with Crippen LogP contribution in [0.2, 0.25) is 0 Å². The molecule has 0 spiro atoms. The maximum atomic E-state index is 3.70. The average molecular weight is 518 g/mol. The second-order valence-electron chi connectivity index (χ2n) is 14.9. The first-order valence-corrected chi connectivity index (χ1v) is 17.5. The smallest absolute Gasteiger partial charge is 0.00488 e. The van der Waals surface area contributed by atoms with Crippen molar-refractivity contribution in [3.05, 3.63) is 0 Å². The first-order chi connectivity index (χ1) is 17.8. The van der Waals surface area contributed by atoms with E-state index in [1.54, 1.807) is 0 Å². The molecule has 0 aromatic rings. The number of hydrogen-bond donors (Lipinski definition) is 1. The van der Waals surface area contributed by atoms with Crippen molar-refractivity contribution in [2.24, 2.45) is 59.2 Å². The van der Waals surface area contributed by atoms with Gasteiger partial charge in [-0.15, -0.1) is 0 Å². The van der Waals surface area contributed by atoms with Gasteiger partial charge in [-0.05, 0) is 130 Å². The zero-order valence-electron chi connectivity index (χ0n) is 27.0. The van der Waals surface area contributed by atoms with Gasteiger partial charge in [0, 0.05) is 0 Å². The molecular formula is C36H71N. The second kappa shape index (κ2) is 18.3. The first-order valence-electron chi connectivity index (χ1n) is 17.5. The Hall–Kier alpha value is -0.0400. The van der Waals surface area contributed by atoms with E-state index in [1.165, 1.54) is 116 Å². The zero-order valence-corrected chi connectivity index (χ0v) is 27.0. The van der Waals surface area contributed by atoms with Gasteiger partial charge < -0.3 is 5.32 Å². The van der Waals surface area contributed by atoms with Crippen molar-refractivity contribution < 1.29 is 0 Å². The van der Waals surface area contributed by atoms with E-state index in [0.717, 1.165) is 59.2 Å². The molecule has 0 aliphatic heterocycles. The van der Waals surface area contributed by atoms with E-state index in [-0.39, 0.29) is 0 Å². The summed E-state index contributed by atoms with van der Waals surface area (Å²) in [6, 6.07) is 0. The summed E-state index contributed by atoms with van der Waals surface area (Å²) in [5.41, 5.74) is 0. The zero-order chi connectivity index (χ0) is 27.2. The molecule has 0 radical (unpaired) electrons. The van der Waals surface area contributed by atoms with Crippen LogP contribution in [0.1, 0.15) is 158 Å². The molecule has 37 heavy (non-hydrogen) atoms. The summed E-state index contributed by atoms with van der Waals surface area (Å²) in [6.07, 6.45) is 23.2. The van der Waals surface area contributed by atoms with Gasteiger partial charge in [-0.2, -0.15) is 0 Å². The Labute approximate surface area is 235 Å². The van der Waals surface area contributed by atoms with Crippen LogP contribution in [-0.4, -0.2) is 13.1 Å². The monoisotopic (exact) mass is 518 g/mol. The minimum absolute atomic E-state index is 0.833. The van der Waals surface area contributed by atoms with Gasteiger partial charge in [0.05, 0.1) is 0 Å². The number of hydrogen-bond acceptors (Lipinski definition) is 1. The maximum absolute atomic E-state index is 3.70. The third-order valence-electron chi connectivity index (χ3n) is 11.1. The summed E-state index contributed by atoms with van der Waals surface area (Å²) < 4.78 is 0. The molecule has 0 amide bonds. The number of nitrogens with one attached hydrogen (secondary N) is 1. The van der Waals surface area contributed by atoms with Gasteiger partial charge >= 0.3 is 0 Å². The second-order valence-corrected chi connectivity index (χ2v) is 14.9. The van der Waals surface area contributed by atoms with Crippen LogP contribution in [0.4, 0.5) is 0 Å². The van der Waals surface area contributed by atoms with Crippen molar-refractivity contribution >= 4 is 0 Å². The molecule has 1 heteroatoms. The van der Waals surface area contributed by atoms with Crippen LogP contribution in [-0.2, 0) is 0 Å². The van der Waals surface area contributed by atoms with E-state index in [0.29, 0.717) is 0 Å². The summed E-state index contributed by atoms with van der Waals surface area (Å²) in [4.78, 5) is 0. The van der Waals surface area contributed by atoms with Crippen LogP contribution >= 0.6 is 0 Å². The van der Waals surface area contributed by atoms with Crippen molar-refractivity contribution in [1.29, 1.82) is 0 Å². The van der Waals surface area contributed by atoms with Crippen molar-refractivity contribution in [2.45, 2.75) is 158 Å². The molecule has 1 N–H and O–H groups in total. The summed E-state index contributed by atoms with van der Waals surface area (Å²) in [6.45, 7) is 22.7. The number of rotatable bonds is 18. The normalized spacial score (nSPS) is 28.4. The maximum Gasteiger partial charge on any atom is -0.00488 e. The lowest BCUT2D eigenvalue weighted by Crippen LogP contribution is -2.40. The Bertz CT molecular complexity index is 553. The lowest BCUT2D eigenvalue weighted by molar-refractivity contribution is 0.0167. The molecule has 0 aromatic heterocycles. The van der Waals surface area contributed by atoms with Gasteiger partial charge in [0.2, 0.25) is 0 Å². The summed E-state index contributed by atoms with van der Waals surface area (Å²) in [7, 11) is 0. The Balaban J connectivity index is 1.87. The summed E-state index contributed by atoms with van der Waals surface area (Å²) in [5.74, 6) is 9.25. The van der Waals surface area contributed by atoms with Crippen LogP contribution in [0.5, 0.6) is 0 Å². The van der Waals surface area contributed by atoms with Gasteiger partial charge in [0.25, 0.3) is 0 Å². The van der Waals surface area contributed by atoms with Gasteiger partial charge in [0.1, 0.15) is 0 Å². The molecule has 2 rings (SSSR count). The quantitative estimate of drug-likeness (QED) is 0.178. The molecule has 0 bridgehead atoms. The van der Waals surface area contributed by atoms with Crippen LogP contribution in [0.25, 0.3) is 0 Å². The third-order valence-corrected chi connectivity index (χ3v) is 11.1. The van der Waals surface area contributed by atoms with Gasteiger partial charge in [0.15, 0.2) is 0 Å². The molecular weight excluding hydrogens is 446 g/mol. The largest absolute Gasteiger partial charge is 0.317 e. The molecule has 2 saturated carbocycles. The van der Waals surface area contributed by atoms with E-state index in [1.807, 2.05) is 0 Å². The Morgan fingerprint density at radius 1 is 0.595 bits per heavy atom. The highest BCUT2D eigenvalue weighted by molar-refractivity contribution is 4.91. The highest BCUT2D eigenvalue weighted by Gasteiger charge is 2.41. The van der Waals surface area contributed by atoms with Crippen LogP contribution in [0, 0.1) is 59.2 Å². The fourth-order valence-corrected chi connectivity index (χ4v) is 9.04. The predicted molar refractivity (Wildman–Crippen MR) is 167 cm³/mol. The predicted octanol–water partition coefficient (Wildman–Crippen LogP) is 11.2. The highest BCUT2D eigenvalue weighted by atomic mass is 14.8. The highest BCUT2D eigenvalue weighted by Crippen LogP contribution is 2.50. The van der Waals surface area contributed by atoms with E-state index >= 15 is 0 Å². The molecule has 220 valence electrons. The minimum Gasteiger partial charge on any atom is -0.317 e. The van der Waals surface area contributed by atoms with Crippen molar-refractivity contribution in [3.8, 4) is 0 Å². The van der Waals surface area contributed by atoms with Crippen molar-refractivity contribution in [3.63, 3.8) is 0 Å². The van der Waals surface area contributed by atoms with Crippen molar-refractivity contribution in [2.75, 3.05) is 13.1 Å². The van der Waals surface area contributed by atoms with Crippen LogP contribution in [0.15, 0.2) is 0 Å². The summed E-state index contributed by atoms with van der Waals surface area (Å²) in [5, 5.41) is 3.70. The molecule has 0 aromatic carbocycles. The first kappa shape index (κ1) is 33.2. The fraction of sp³-hybridized carbons (Fsp3) is 1.00. The Kier molecular flexibility index (Phi) is 16.4. The molecule has 8 atom stereocenters. The lowest BCUT2D eigenvalue weighted by atomic mass is 9.58. The molecule has 2 aliphatic rings. The van der Waals surface area contributed by atoms with Gasteiger partial charge in [-0.1, -0.05) is 100 Å².